The summed E-state index contributed by atoms with van der Waals surface area (Å²) in [7, 11) is 1.63. The van der Waals surface area contributed by atoms with Gasteiger partial charge in [0.05, 0.1) is 7.11 Å². The molecule has 1 saturated carbocycles. The molecule has 0 aromatic heterocycles. The van der Waals surface area contributed by atoms with Crippen molar-refractivity contribution in [1.29, 1.82) is 0 Å². The molecule has 98 valence electrons. The molecule has 0 atom stereocenters. The second-order valence-corrected chi connectivity index (χ2v) is 5.29. The molecule has 4 heteroatoms. The van der Waals surface area contributed by atoms with E-state index in [-0.39, 0.29) is 5.91 Å². The highest BCUT2D eigenvalue weighted by atomic mass is 79.9. The number of alkyl halides is 1. The Morgan fingerprint density at radius 1 is 1.39 bits per heavy atom. The Bertz CT molecular complexity index is 401. The number of ether oxygens (including phenoxy) is 1. The van der Waals surface area contributed by atoms with Crippen molar-refractivity contribution < 1.29 is 9.53 Å². The lowest BCUT2D eigenvalue weighted by molar-refractivity contribution is 0.0599. The molecule has 3 nitrogen and oxygen atoms in total. The number of hydrogen-bond donors (Lipinski definition) is 0. The molecule has 0 bridgehead atoms. The number of hydrogen-bond acceptors (Lipinski definition) is 2. The zero-order valence-electron chi connectivity index (χ0n) is 10.6. The van der Waals surface area contributed by atoms with Crippen molar-refractivity contribution in [2.75, 3.05) is 19.0 Å². The highest BCUT2D eigenvalue weighted by molar-refractivity contribution is 9.09. The first-order chi connectivity index (χ1) is 8.76. The fraction of sp³-hybridized carbons (Fsp3) is 0.500. The molecule has 1 aliphatic rings. The molecular weight excluding hydrogens is 294 g/mol. The normalized spacial score (nSPS) is 15.0. The minimum Gasteiger partial charge on any atom is -0.497 e. The summed E-state index contributed by atoms with van der Waals surface area (Å²) in [5, 5.41) is 0.825. The lowest BCUT2D eigenvalue weighted by Gasteiger charge is -2.37. The number of halogens is 1. The first-order valence-corrected chi connectivity index (χ1v) is 7.39. The van der Waals surface area contributed by atoms with Crippen LogP contribution in [-0.2, 0) is 0 Å². The summed E-state index contributed by atoms with van der Waals surface area (Å²) in [6, 6.07) is 7.76. The molecule has 18 heavy (non-hydrogen) atoms. The van der Waals surface area contributed by atoms with Crippen molar-refractivity contribution in [2.24, 2.45) is 0 Å². The standard InChI is InChI=1S/C14H18BrNO2/c1-18-13-7-5-11(6-8-13)14(17)16(10-9-15)12-3-2-4-12/h5-8,12H,2-4,9-10H2,1H3. The zero-order chi connectivity index (χ0) is 13.0. The van der Waals surface area contributed by atoms with Gasteiger partial charge in [-0.25, -0.2) is 0 Å². The van der Waals surface area contributed by atoms with Gasteiger partial charge < -0.3 is 9.64 Å². The summed E-state index contributed by atoms with van der Waals surface area (Å²) in [5.74, 6) is 0.907. The van der Waals surface area contributed by atoms with Crippen molar-refractivity contribution in [2.45, 2.75) is 25.3 Å². The van der Waals surface area contributed by atoms with Gasteiger partial charge >= 0.3 is 0 Å². The van der Waals surface area contributed by atoms with E-state index in [4.69, 9.17) is 4.74 Å². The van der Waals surface area contributed by atoms with Crippen LogP contribution in [0.2, 0.25) is 0 Å². The molecule has 0 N–H and O–H groups in total. The van der Waals surface area contributed by atoms with Crippen LogP contribution in [0.5, 0.6) is 5.75 Å². The quantitative estimate of drug-likeness (QED) is 0.782. The third-order valence-electron chi connectivity index (χ3n) is 3.44. The lowest BCUT2D eigenvalue weighted by Crippen LogP contribution is -2.45. The number of rotatable bonds is 5. The lowest BCUT2D eigenvalue weighted by atomic mass is 9.91. The van der Waals surface area contributed by atoms with Gasteiger partial charge in [-0.2, -0.15) is 0 Å². The van der Waals surface area contributed by atoms with E-state index in [0.717, 1.165) is 36.0 Å². The van der Waals surface area contributed by atoms with Crippen molar-refractivity contribution >= 4 is 21.8 Å². The second-order valence-electron chi connectivity index (χ2n) is 4.50. The summed E-state index contributed by atoms with van der Waals surface area (Å²) in [6.45, 7) is 0.773. The number of nitrogens with zero attached hydrogens (tertiary/aromatic N) is 1. The van der Waals surface area contributed by atoms with E-state index < -0.39 is 0 Å². The Kier molecular flexibility index (Phi) is 4.64. The van der Waals surface area contributed by atoms with Crippen LogP contribution in [0.15, 0.2) is 24.3 Å². The highest BCUT2D eigenvalue weighted by Crippen LogP contribution is 2.26. The summed E-state index contributed by atoms with van der Waals surface area (Å²) >= 11 is 3.42. The number of benzene rings is 1. The number of carbonyl (C=O) groups is 1. The first kappa shape index (κ1) is 13.4. The molecule has 1 aromatic rings. The highest BCUT2D eigenvalue weighted by Gasteiger charge is 2.28. The molecule has 1 fully saturated rings. The topological polar surface area (TPSA) is 29.5 Å². The van der Waals surface area contributed by atoms with Crippen molar-refractivity contribution in [1.82, 2.24) is 4.90 Å². The molecule has 0 radical (unpaired) electrons. The minimum absolute atomic E-state index is 0.127. The fourth-order valence-corrected chi connectivity index (χ4v) is 2.52. The van der Waals surface area contributed by atoms with Crippen molar-refractivity contribution in [3.8, 4) is 5.75 Å². The van der Waals surface area contributed by atoms with E-state index in [9.17, 15) is 4.79 Å². The molecule has 2 rings (SSSR count). The molecule has 1 aliphatic carbocycles. The SMILES string of the molecule is COc1ccc(C(=O)N(CCBr)C2CCC2)cc1. The van der Waals surface area contributed by atoms with Crippen molar-refractivity contribution in [3.63, 3.8) is 0 Å². The van der Waals surface area contributed by atoms with Gasteiger partial charge in [0, 0.05) is 23.5 Å². The molecule has 1 aromatic carbocycles. The molecule has 0 saturated heterocycles. The van der Waals surface area contributed by atoms with Crippen LogP contribution in [0, 0.1) is 0 Å². The summed E-state index contributed by atoms with van der Waals surface area (Å²) in [6.07, 6.45) is 3.50. The largest absolute Gasteiger partial charge is 0.497 e. The van der Waals surface area contributed by atoms with Gasteiger partial charge in [0.25, 0.3) is 5.91 Å². The zero-order valence-corrected chi connectivity index (χ0v) is 12.1. The maximum Gasteiger partial charge on any atom is 0.254 e. The Balaban J connectivity index is 2.10. The van der Waals surface area contributed by atoms with E-state index in [1.807, 2.05) is 29.2 Å². The first-order valence-electron chi connectivity index (χ1n) is 6.27. The van der Waals surface area contributed by atoms with Gasteiger partial charge in [-0.05, 0) is 43.5 Å². The third-order valence-corrected chi connectivity index (χ3v) is 3.79. The summed E-state index contributed by atoms with van der Waals surface area (Å²) in [4.78, 5) is 14.4. The number of amides is 1. The van der Waals surface area contributed by atoms with Crippen molar-refractivity contribution in [3.05, 3.63) is 29.8 Å². The average molecular weight is 312 g/mol. The smallest absolute Gasteiger partial charge is 0.254 e. The number of carbonyl (C=O) groups excluding carboxylic acids is 1. The summed E-state index contributed by atoms with van der Waals surface area (Å²) < 4.78 is 5.10. The predicted octanol–water partition coefficient (Wildman–Crippen LogP) is 3.08. The minimum atomic E-state index is 0.127. The molecule has 1 amide bonds. The van der Waals surface area contributed by atoms with Gasteiger partial charge in [0.1, 0.15) is 5.75 Å². The van der Waals surface area contributed by atoms with Gasteiger partial charge in [0.2, 0.25) is 0 Å². The molecule has 0 heterocycles. The number of methoxy groups -OCH3 is 1. The molecule has 0 spiro atoms. The van der Waals surface area contributed by atoms with E-state index in [2.05, 4.69) is 15.9 Å². The molecular formula is C14H18BrNO2. The van der Waals surface area contributed by atoms with E-state index in [1.54, 1.807) is 7.11 Å². The van der Waals surface area contributed by atoms with E-state index in [1.165, 1.54) is 6.42 Å². The van der Waals surface area contributed by atoms with Gasteiger partial charge in [-0.15, -0.1) is 0 Å². The van der Waals surface area contributed by atoms with Gasteiger partial charge in [-0.1, -0.05) is 15.9 Å². The monoisotopic (exact) mass is 311 g/mol. The molecule has 0 unspecified atom stereocenters. The molecule has 0 aliphatic heterocycles. The van der Waals surface area contributed by atoms with Crippen LogP contribution in [0.3, 0.4) is 0 Å². The maximum atomic E-state index is 12.4. The van der Waals surface area contributed by atoms with Crippen LogP contribution in [0.4, 0.5) is 0 Å². The van der Waals surface area contributed by atoms with E-state index >= 15 is 0 Å². The van der Waals surface area contributed by atoms with Crippen LogP contribution >= 0.6 is 15.9 Å². The Morgan fingerprint density at radius 3 is 2.50 bits per heavy atom. The van der Waals surface area contributed by atoms with Gasteiger partial charge in [0.15, 0.2) is 0 Å². The third kappa shape index (κ3) is 2.86. The van der Waals surface area contributed by atoms with Gasteiger partial charge in [-0.3, -0.25) is 4.79 Å². The summed E-state index contributed by atoms with van der Waals surface area (Å²) in [5.41, 5.74) is 0.739. The Morgan fingerprint density at radius 2 is 2.06 bits per heavy atom. The second kappa shape index (κ2) is 6.23. The Labute approximate surface area is 116 Å². The predicted molar refractivity (Wildman–Crippen MR) is 75.5 cm³/mol. The van der Waals surface area contributed by atoms with E-state index in [0.29, 0.717) is 6.04 Å². The van der Waals surface area contributed by atoms with Crippen LogP contribution in [0.25, 0.3) is 0 Å². The van der Waals surface area contributed by atoms with Crippen LogP contribution < -0.4 is 4.74 Å². The maximum absolute atomic E-state index is 12.4. The fourth-order valence-electron chi connectivity index (χ4n) is 2.14. The Hall–Kier alpha value is -1.03. The van der Waals surface area contributed by atoms with Crippen LogP contribution in [0.1, 0.15) is 29.6 Å². The average Bonchev–Trinajstić information content (AvgIpc) is 2.35. The van der Waals surface area contributed by atoms with Crippen LogP contribution in [-0.4, -0.2) is 35.8 Å².